The summed E-state index contributed by atoms with van der Waals surface area (Å²) in [4.78, 5) is 26.9. The summed E-state index contributed by atoms with van der Waals surface area (Å²) in [5.41, 5.74) is 1.83. The standard InChI is InChI=1S/C24H25ClN4O2S/c1-3-17(2)29(22(31)14-9-18-7-5-4-6-8-18)16-15-21(30)26-24-28-27-23(32-24)19-10-12-20(25)13-11-19/h4-14,17H,3,15-16H2,1-2H3,(H,26,28,30)/b14-9+/t17-/m0/s1. The molecule has 3 aromatic rings. The van der Waals surface area contributed by atoms with E-state index in [1.54, 1.807) is 29.2 Å². The zero-order valence-electron chi connectivity index (χ0n) is 18.0. The zero-order chi connectivity index (χ0) is 22.9. The molecule has 0 radical (unpaired) electrons. The van der Waals surface area contributed by atoms with Crippen molar-refractivity contribution < 1.29 is 9.59 Å². The van der Waals surface area contributed by atoms with Crippen molar-refractivity contribution in [2.45, 2.75) is 32.7 Å². The van der Waals surface area contributed by atoms with E-state index in [2.05, 4.69) is 15.5 Å². The Balaban J connectivity index is 1.57. The second-order valence-electron chi connectivity index (χ2n) is 7.25. The van der Waals surface area contributed by atoms with E-state index in [4.69, 9.17) is 11.6 Å². The van der Waals surface area contributed by atoms with Gasteiger partial charge in [0.05, 0.1) is 0 Å². The Hall–Kier alpha value is -3.03. The number of nitrogens with zero attached hydrogens (tertiary/aromatic N) is 3. The molecule has 0 saturated carbocycles. The molecule has 0 unspecified atom stereocenters. The first-order valence-corrected chi connectivity index (χ1v) is 11.6. The fraction of sp³-hybridized carbons (Fsp3) is 0.250. The lowest BCUT2D eigenvalue weighted by Gasteiger charge is -2.27. The minimum absolute atomic E-state index is 0.0220. The molecule has 0 aliphatic rings. The molecule has 0 aliphatic heterocycles. The number of nitrogens with one attached hydrogen (secondary N) is 1. The van der Waals surface area contributed by atoms with Gasteiger partial charge in [-0.25, -0.2) is 0 Å². The predicted molar refractivity (Wildman–Crippen MR) is 131 cm³/mol. The van der Waals surface area contributed by atoms with Crippen molar-refractivity contribution in [1.82, 2.24) is 15.1 Å². The van der Waals surface area contributed by atoms with Gasteiger partial charge in [-0.2, -0.15) is 0 Å². The van der Waals surface area contributed by atoms with Crippen LogP contribution < -0.4 is 5.32 Å². The molecule has 3 rings (SSSR count). The molecule has 32 heavy (non-hydrogen) atoms. The number of benzene rings is 2. The molecule has 0 fully saturated rings. The maximum absolute atomic E-state index is 12.7. The molecule has 1 N–H and O–H groups in total. The third kappa shape index (κ3) is 6.73. The van der Waals surface area contributed by atoms with Crippen LogP contribution in [0.5, 0.6) is 0 Å². The highest BCUT2D eigenvalue weighted by atomic mass is 35.5. The SMILES string of the molecule is CC[C@H](C)N(CCC(=O)Nc1nnc(-c2ccc(Cl)cc2)s1)C(=O)/C=C/c1ccccc1. The summed E-state index contributed by atoms with van der Waals surface area (Å²) < 4.78 is 0. The topological polar surface area (TPSA) is 75.2 Å². The molecular formula is C24H25ClN4O2S. The van der Waals surface area contributed by atoms with Gasteiger partial charge in [0.2, 0.25) is 16.9 Å². The Labute approximate surface area is 196 Å². The van der Waals surface area contributed by atoms with Crippen LogP contribution in [0.1, 0.15) is 32.3 Å². The van der Waals surface area contributed by atoms with Gasteiger partial charge in [-0.3, -0.25) is 9.59 Å². The Kier molecular flexibility index (Phi) is 8.53. The monoisotopic (exact) mass is 468 g/mol. The van der Waals surface area contributed by atoms with E-state index < -0.39 is 0 Å². The lowest BCUT2D eigenvalue weighted by atomic mass is 10.1. The van der Waals surface area contributed by atoms with E-state index in [9.17, 15) is 9.59 Å². The van der Waals surface area contributed by atoms with Crippen molar-refractivity contribution in [3.05, 3.63) is 71.3 Å². The lowest BCUT2D eigenvalue weighted by Crippen LogP contribution is -2.39. The molecule has 1 atom stereocenters. The maximum atomic E-state index is 12.7. The van der Waals surface area contributed by atoms with E-state index in [-0.39, 0.29) is 24.3 Å². The van der Waals surface area contributed by atoms with Gasteiger partial charge in [0.25, 0.3) is 0 Å². The van der Waals surface area contributed by atoms with Crippen LogP contribution in [0.15, 0.2) is 60.7 Å². The van der Waals surface area contributed by atoms with Crippen molar-refractivity contribution in [3.8, 4) is 10.6 Å². The quantitative estimate of drug-likeness (QED) is 0.419. The Morgan fingerprint density at radius 3 is 2.53 bits per heavy atom. The summed E-state index contributed by atoms with van der Waals surface area (Å²) >= 11 is 7.21. The van der Waals surface area contributed by atoms with Crippen LogP contribution in [-0.2, 0) is 9.59 Å². The van der Waals surface area contributed by atoms with Gasteiger partial charge in [0.15, 0.2) is 0 Å². The normalized spacial score (nSPS) is 12.0. The molecule has 0 bridgehead atoms. The lowest BCUT2D eigenvalue weighted by molar-refractivity contribution is -0.128. The first-order valence-electron chi connectivity index (χ1n) is 10.4. The van der Waals surface area contributed by atoms with E-state index in [1.165, 1.54) is 11.3 Å². The minimum Gasteiger partial charge on any atom is -0.336 e. The number of carbonyl (C=O) groups excluding carboxylic acids is 2. The van der Waals surface area contributed by atoms with E-state index in [1.807, 2.05) is 56.3 Å². The third-order valence-electron chi connectivity index (χ3n) is 4.97. The number of anilines is 1. The van der Waals surface area contributed by atoms with Crippen LogP contribution in [0.3, 0.4) is 0 Å². The van der Waals surface area contributed by atoms with Gasteiger partial charge in [0, 0.05) is 35.7 Å². The fourth-order valence-corrected chi connectivity index (χ4v) is 3.87. The smallest absolute Gasteiger partial charge is 0.246 e. The molecule has 8 heteroatoms. The maximum Gasteiger partial charge on any atom is 0.246 e. The molecule has 166 valence electrons. The van der Waals surface area contributed by atoms with Crippen molar-refractivity contribution in [2.24, 2.45) is 0 Å². The third-order valence-corrected chi connectivity index (χ3v) is 6.11. The van der Waals surface area contributed by atoms with Gasteiger partial charge in [0.1, 0.15) is 5.01 Å². The molecule has 0 spiro atoms. The Bertz CT molecular complexity index is 1070. The van der Waals surface area contributed by atoms with E-state index in [0.717, 1.165) is 17.5 Å². The van der Waals surface area contributed by atoms with Crippen molar-refractivity contribution >= 4 is 46.0 Å². The second-order valence-corrected chi connectivity index (χ2v) is 8.66. The summed E-state index contributed by atoms with van der Waals surface area (Å²) in [5.74, 6) is -0.325. The van der Waals surface area contributed by atoms with Gasteiger partial charge >= 0.3 is 0 Å². The Morgan fingerprint density at radius 1 is 1.12 bits per heavy atom. The van der Waals surface area contributed by atoms with Crippen LogP contribution in [0.25, 0.3) is 16.6 Å². The van der Waals surface area contributed by atoms with Gasteiger partial charge < -0.3 is 10.2 Å². The van der Waals surface area contributed by atoms with Gasteiger partial charge in [-0.1, -0.05) is 72.3 Å². The van der Waals surface area contributed by atoms with Crippen molar-refractivity contribution in [3.63, 3.8) is 0 Å². The highest BCUT2D eigenvalue weighted by Crippen LogP contribution is 2.27. The number of carbonyl (C=O) groups is 2. The van der Waals surface area contributed by atoms with Crippen LogP contribution in [0.4, 0.5) is 5.13 Å². The molecule has 2 amide bonds. The molecule has 6 nitrogen and oxygen atoms in total. The number of amides is 2. The van der Waals surface area contributed by atoms with E-state index in [0.29, 0.717) is 21.7 Å². The van der Waals surface area contributed by atoms with Gasteiger partial charge in [-0.15, -0.1) is 10.2 Å². The second kappa shape index (κ2) is 11.5. The Morgan fingerprint density at radius 2 is 1.84 bits per heavy atom. The van der Waals surface area contributed by atoms with E-state index >= 15 is 0 Å². The zero-order valence-corrected chi connectivity index (χ0v) is 19.6. The van der Waals surface area contributed by atoms with Crippen LogP contribution in [0, 0.1) is 0 Å². The molecule has 0 aliphatic carbocycles. The number of rotatable bonds is 9. The molecule has 1 heterocycles. The molecular weight excluding hydrogens is 444 g/mol. The van der Waals surface area contributed by atoms with Crippen molar-refractivity contribution in [2.75, 3.05) is 11.9 Å². The summed E-state index contributed by atoms with van der Waals surface area (Å²) in [6, 6.07) is 16.9. The number of hydrogen-bond donors (Lipinski definition) is 1. The summed E-state index contributed by atoms with van der Waals surface area (Å²) in [6.07, 6.45) is 4.32. The summed E-state index contributed by atoms with van der Waals surface area (Å²) in [7, 11) is 0. The fourth-order valence-electron chi connectivity index (χ4n) is 2.98. The highest BCUT2D eigenvalue weighted by molar-refractivity contribution is 7.18. The highest BCUT2D eigenvalue weighted by Gasteiger charge is 2.18. The molecule has 2 aromatic carbocycles. The first-order chi connectivity index (χ1) is 15.5. The van der Waals surface area contributed by atoms with Crippen LogP contribution in [-0.4, -0.2) is 39.5 Å². The van der Waals surface area contributed by atoms with Crippen LogP contribution in [0.2, 0.25) is 5.02 Å². The number of halogens is 1. The minimum atomic E-state index is -0.211. The number of hydrogen-bond acceptors (Lipinski definition) is 5. The number of aromatic nitrogens is 2. The first kappa shape index (κ1) is 23.6. The van der Waals surface area contributed by atoms with Crippen LogP contribution >= 0.6 is 22.9 Å². The van der Waals surface area contributed by atoms with Gasteiger partial charge in [-0.05, 0) is 37.1 Å². The average Bonchev–Trinajstić information content (AvgIpc) is 3.27. The summed E-state index contributed by atoms with van der Waals surface area (Å²) in [6.45, 7) is 4.32. The van der Waals surface area contributed by atoms with Crippen molar-refractivity contribution in [1.29, 1.82) is 0 Å². The largest absolute Gasteiger partial charge is 0.336 e. The molecule has 1 aromatic heterocycles. The average molecular weight is 469 g/mol. The summed E-state index contributed by atoms with van der Waals surface area (Å²) in [5, 5.41) is 12.7. The predicted octanol–water partition coefficient (Wildman–Crippen LogP) is 5.53. The molecule has 0 saturated heterocycles.